The van der Waals surface area contributed by atoms with Gasteiger partial charge in [-0.2, -0.15) is 18.2 Å². The third kappa shape index (κ3) is 4.72. The summed E-state index contributed by atoms with van der Waals surface area (Å²) in [5.74, 6) is -0.522. The first-order chi connectivity index (χ1) is 9.70. The summed E-state index contributed by atoms with van der Waals surface area (Å²) in [6.45, 7) is 3.14. The number of rotatable bonds is 6. The number of alkyl halides is 3. The topological polar surface area (TPSA) is 51.7 Å². The van der Waals surface area contributed by atoms with E-state index in [1.165, 1.54) is 7.11 Å². The first-order valence-electron chi connectivity index (χ1n) is 5.93. The number of carbonyl (C=O) groups is 1. The number of carbonyl (C=O) groups excluding carboxylic acids is 1. The van der Waals surface area contributed by atoms with Gasteiger partial charge >= 0.3 is 6.18 Å². The molecule has 0 spiro atoms. The number of halogens is 4. The van der Waals surface area contributed by atoms with E-state index in [1.807, 2.05) is 6.92 Å². The first-order valence-corrected chi connectivity index (χ1v) is 7.12. The van der Waals surface area contributed by atoms with Gasteiger partial charge in [0.05, 0.1) is 13.2 Å². The van der Waals surface area contributed by atoms with Crippen molar-refractivity contribution < 1.29 is 27.5 Å². The molecule has 0 aliphatic carbocycles. The molecule has 10 heteroatoms. The molecule has 5 nitrogen and oxygen atoms in total. The third-order valence-corrected chi connectivity index (χ3v) is 3.97. The number of hydroxylamine groups is 2. The van der Waals surface area contributed by atoms with Crippen LogP contribution in [0.3, 0.4) is 0 Å². The number of aromatic nitrogens is 1. The minimum Gasteiger partial charge on any atom is -0.460 e. The van der Waals surface area contributed by atoms with E-state index in [4.69, 9.17) is 21.2 Å². The summed E-state index contributed by atoms with van der Waals surface area (Å²) in [4.78, 5) is 19.1. The van der Waals surface area contributed by atoms with E-state index in [0.717, 1.165) is 5.06 Å². The van der Waals surface area contributed by atoms with E-state index < -0.39 is 28.7 Å². The Morgan fingerprint density at radius 3 is 2.57 bits per heavy atom. The zero-order chi connectivity index (χ0) is 16.2. The summed E-state index contributed by atoms with van der Waals surface area (Å²) < 4.78 is 42.5. The molecule has 1 rings (SSSR count). The molecule has 1 atom stereocenters. The third-order valence-electron chi connectivity index (χ3n) is 2.58. The van der Waals surface area contributed by atoms with Gasteiger partial charge in [0.2, 0.25) is 0 Å². The number of amides is 1. The Bertz CT molecular complexity index is 496. The van der Waals surface area contributed by atoms with Gasteiger partial charge in [0, 0.05) is 0 Å². The molecule has 1 unspecified atom stereocenters. The second-order valence-electron chi connectivity index (χ2n) is 4.05. The second-order valence-corrected chi connectivity index (χ2v) is 5.37. The minimum absolute atomic E-state index is 0.184. The van der Waals surface area contributed by atoms with Crippen LogP contribution in [0.1, 0.15) is 25.1 Å². The molecule has 0 aromatic carbocycles. The van der Waals surface area contributed by atoms with Crippen LogP contribution >= 0.6 is 22.9 Å². The van der Waals surface area contributed by atoms with E-state index in [2.05, 4.69) is 4.98 Å². The monoisotopic (exact) mass is 346 g/mol. The highest BCUT2D eigenvalue weighted by atomic mass is 35.5. The number of hydrogen-bond donors (Lipinski definition) is 0. The highest BCUT2D eigenvalue weighted by molar-refractivity contribution is 7.14. The Morgan fingerprint density at radius 2 is 2.14 bits per heavy atom. The normalized spacial score (nSPS) is 13.1. The molecule has 1 amide bonds. The maximum atomic E-state index is 12.5. The van der Waals surface area contributed by atoms with Crippen LogP contribution in [-0.2, 0) is 15.8 Å². The molecule has 1 aromatic rings. The van der Waals surface area contributed by atoms with Gasteiger partial charge < -0.3 is 4.74 Å². The SMILES string of the molecule is CCC(C)N(OC)C(=O)COc1nc(Cl)c(C(F)(F)F)s1. The van der Waals surface area contributed by atoms with E-state index in [1.54, 1.807) is 6.92 Å². The molecule has 0 radical (unpaired) electrons. The molecule has 1 heterocycles. The average Bonchev–Trinajstić information content (AvgIpc) is 2.78. The van der Waals surface area contributed by atoms with Crippen molar-refractivity contribution in [3.63, 3.8) is 0 Å². The van der Waals surface area contributed by atoms with E-state index in [-0.39, 0.29) is 22.6 Å². The van der Waals surface area contributed by atoms with Crippen molar-refractivity contribution in [3.05, 3.63) is 10.0 Å². The largest absolute Gasteiger partial charge is 0.460 e. The van der Waals surface area contributed by atoms with Crippen molar-refractivity contribution in [2.45, 2.75) is 32.5 Å². The molecule has 0 bridgehead atoms. The lowest BCUT2D eigenvalue weighted by molar-refractivity contribution is -0.189. The lowest BCUT2D eigenvalue weighted by Crippen LogP contribution is -2.40. The molecule has 0 fully saturated rings. The van der Waals surface area contributed by atoms with Crippen LogP contribution in [0.15, 0.2) is 0 Å². The number of hydrogen-bond acceptors (Lipinski definition) is 5. The van der Waals surface area contributed by atoms with Crippen molar-refractivity contribution in [2.24, 2.45) is 0 Å². The minimum atomic E-state index is -4.60. The average molecular weight is 347 g/mol. The Kier molecular flexibility index (Phi) is 6.24. The number of thiazole rings is 1. The van der Waals surface area contributed by atoms with Crippen molar-refractivity contribution in [1.29, 1.82) is 0 Å². The van der Waals surface area contributed by atoms with Gasteiger partial charge in [-0.15, -0.1) is 0 Å². The van der Waals surface area contributed by atoms with Crippen LogP contribution in [0.4, 0.5) is 13.2 Å². The van der Waals surface area contributed by atoms with Crippen molar-refractivity contribution in [1.82, 2.24) is 10.0 Å². The van der Waals surface area contributed by atoms with Crippen molar-refractivity contribution in [2.75, 3.05) is 13.7 Å². The molecule has 1 aromatic heterocycles. The van der Waals surface area contributed by atoms with Gasteiger partial charge in [0.25, 0.3) is 11.1 Å². The molecule has 0 aliphatic rings. The van der Waals surface area contributed by atoms with Crippen LogP contribution in [0, 0.1) is 0 Å². The predicted molar refractivity (Wildman–Crippen MR) is 71.2 cm³/mol. The molecule has 120 valence electrons. The second kappa shape index (κ2) is 7.28. The molecule has 0 aliphatic heterocycles. The van der Waals surface area contributed by atoms with Crippen molar-refractivity contribution in [3.8, 4) is 5.19 Å². The zero-order valence-corrected chi connectivity index (χ0v) is 13.1. The summed E-state index contributed by atoms with van der Waals surface area (Å²) >= 11 is 5.63. The fourth-order valence-electron chi connectivity index (χ4n) is 1.40. The summed E-state index contributed by atoms with van der Waals surface area (Å²) in [5.41, 5.74) is 0. The smallest absolute Gasteiger partial charge is 0.428 e. The molecular weight excluding hydrogens is 333 g/mol. The van der Waals surface area contributed by atoms with Crippen LogP contribution < -0.4 is 4.74 Å². The van der Waals surface area contributed by atoms with Gasteiger partial charge in [0.15, 0.2) is 16.6 Å². The van der Waals surface area contributed by atoms with E-state index in [0.29, 0.717) is 6.42 Å². The Hall–Kier alpha value is -1.06. The summed E-state index contributed by atoms with van der Waals surface area (Å²) in [5, 5.41) is 0.0845. The van der Waals surface area contributed by atoms with Gasteiger partial charge in [-0.3, -0.25) is 9.63 Å². The number of ether oxygens (including phenoxy) is 1. The maximum Gasteiger partial charge on any atom is 0.428 e. The van der Waals surface area contributed by atoms with Crippen LogP contribution in [-0.4, -0.2) is 35.7 Å². The van der Waals surface area contributed by atoms with Crippen LogP contribution in [0.2, 0.25) is 5.15 Å². The van der Waals surface area contributed by atoms with Crippen LogP contribution in [0.5, 0.6) is 5.19 Å². The Labute approximate surface area is 128 Å². The van der Waals surface area contributed by atoms with Crippen LogP contribution in [0.25, 0.3) is 0 Å². The van der Waals surface area contributed by atoms with Gasteiger partial charge in [-0.05, 0) is 13.3 Å². The fraction of sp³-hybridized carbons (Fsp3) is 0.636. The predicted octanol–water partition coefficient (Wildman–Crippen LogP) is 3.38. The maximum absolute atomic E-state index is 12.5. The Balaban J connectivity index is 2.69. The van der Waals surface area contributed by atoms with Gasteiger partial charge in [-0.25, -0.2) is 5.06 Å². The first kappa shape index (κ1) is 18.0. The summed E-state index contributed by atoms with van der Waals surface area (Å²) in [6.07, 6.45) is -3.95. The lowest BCUT2D eigenvalue weighted by Gasteiger charge is -2.25. The lowest BCUT2D eigenvalue weighted by atomic mass is 10.2. The summed E-state index contributed by atoms with van der Waals surface area (Å²) in [6, 6.07) is -0.184. The van der Waals surface area contributed by atoms with Gasteiger partial charge in [-0.1, -0.05) is 29.9 Å². The molecule has 0 N–H and O–H groups in total. The van der Waals surface area contributed by atoms with Gasteiger partial charge in [0.1, 0.15) is 0 Å². The van der Waals surface area contributed by atoms with E-state index >= 15 is 0 Å². The number of nitrogens with zero attached hydrogens (tertiary/aromatic N) is 2. The standard InChI is InChI=1S/C11H14ClF3N2O3S/c1-4-6(2)17(19-3)7(18)5-20-10-16-9(12)8(21-10)11(13,14)15/h6H,4-5H2,1-3H3. The molecule has 0 saturated heterocycles. The van der Waals surface area contributed by atoms with E-state index in [9.17, 15) is 18.0 Å². The highest BCUT2D eigenvalue weighted by Crippen LogP contribution is 2.41. The molecule has 0 saturated carbocycles. The quantitative estimate of drug-likeness (QED) is 0.741. The molecule has 21 heavy (non-hydrogen) atoms. The summed E-state index contributed by atoms with van der Waals surface area (Å²) in [7, 11) is 1.33. The molecular formula is C11H14ClF3N2O3S. The fourth-order valence-corrected chi connectivity index (χ4v) is 2.42. The highest BCUT2D eigenvalue weighted by Gasteiger charge is 2.37. The Morgan fingerprint density at radius 1 is 1.52 bits per heavy atom. The van der Waals surface area contributed by atoms with Crippen molar-refractivity contribution >= 4 is 28.8 Å². The zero-order valence-electron chi connectivity index (χ0n) is 11.5.